The summed E-state index contributed by atoms with van der Waals surface area (Å²) >= 11 is 1.24. The third kappa shape index (κ3) is 5.33. The number of benzene rings is 2. The lowest BCUT2D eigenvalue weighted by Crippen LogP contribution is -2.31. The molecule has 0 saturated heterocycles. The summed E-state index contributed by atoms with van der Waals surface area (Å²) in [5.41, 5.74) is 4.36. The third-order valence-corrected chi connectivity index (χ3v) is 5.29. The van der Waals surface area contributed by atoms with Gasteiger partial charge in [-0.15, -0.1) is 0 Å². The number of ether oxygens (including phenoxy) is 1. The number of nitrogens with zero attached hydrogens (tertiary/aromatic N) is 1. The van der Waals surface area contributed by atoms with Crippen molar-refractivity contribution >= 4 is 34.5 Å². The minimum Gasteiger partial charge on any atom is -0.435 e. The molecule has 0 fully saturated rings. The monoisotopic (exact) mass is 430 g/mol. The van der Waals surface area contributed by atoms with Crippen LogP contribution >= 0.6 is 11.8 Å². The summed E-state index contributed by atoms with van der Waals surface area (Å²) in [5.74, 6) is -1.14. The van der Waals surface area contributed by atoms with Crippen LogP contribution in [0.3, 0.4) is 0 Å². The number of hydrogen-bond donors (Lipinski definition) is 1. The van der Waals surface area contributed by atoms with Crippen molar-refractivity contribution < 1.29 is 23.1 Å². The molecule has 0 aliphatic rings. The van der Waals surface area contributed by atoms with Gasteiger partial charge in [0.1, 0.15) is 5.75 Å². The average Bonchev–Trinajstić information content (AvgIpc) is 2.67. The molecule has 0 aliphatic heterocycles. The van der Waals surface area contributed by atoms with Crippen LogP contribution in [0.5, 0.6) is 5.75 Å². The van der Waals surface area contributed by atoms with Gasteiger partial charge in [-0.3, -0.25) is 14.9 Å². The van der Waals surface area contributed by atoms with Gasteiger partial charge in [-0.1, -0.05) is 23.4 Å². The van der Waals surface area contributed by atoms with Crippen molar-refractivity contribution in [1.82, 2.24) is 10.3 Å². The van der Waals surface area contributed by atoms with Crippen molar-refractivity contribution in [3.63, 3.8) is 0 Å². The molecule has 5 nitrogen and oxygen atoms in total. The molecule has 0 radical (unpaired) electrons. The Bertz CT molecular complexity index is 1100. The molecule has 0 unspecified atom stereocenters. The van der Waals surface area contributed by atoms with Gasteiger partial charge in [0.2, 0.25) is 5.91 Å². The maximum atomic E-state index is 12.2. The minimum atomic E-state index is -2.94. The zero-order valence-electron chi connectivity index (χ0n) is 16.7. The lowest BCUT2D eigenvalue weighted by molar-refractivity contribution is -0.117. The number of hydrogen-bond acceptors (Lipinski definition) is 5. The Kier molecular flexibility index (Phi) is 6.66. The fourth-order valence-electron chi connectivity index (χ4n) is 3.05. The van der Waals surface area contributed by atoms with Gasteiger partial charge in [0, 0.05) is 10.9 Å². The van der Waals surface area contributed by atoms with E-state index in [1.807, 2.05) is 26.8 Å². The molecular weight excluding hydrogens is 410 g/mol. The molecule has 2 aromatic carbocycles. The Hall–Kier alpha value is -3.00. The topological polar surface area (TPSA) is 68.3 Å². The Balaban J connectivity index is 1.62. The number of carbonyl (C=O) groups excluding carboxylic acids is 2. The predicted octanol–water partition coefficient (Wildman–Crippen LogP) is 4.81. The van der Waals surface area contributed by atoms with E-state index < -0.39 is 18.4 Å². The van der Waals surface area contributed by atoms with E-state index in [0.717, 1.165) is 27.6 Å². The van der Waals surface area contributed by atoms with Crippen LogP contribution in [-0.2, 0) is 4.79 Å². The van der Waals surface area contributed by atoms with Crippen LogP contribution in [0.2, 0.25) is 0 Å². The second-order valence-corrected chi connectivity index (χ2v) is 7.82. The van der Waals surface area contributed by atoms with Crippen molar-refractivity contribution in [2.75, 3.05) is 5.75 Å². The first-order valence-corrected chi connectivity index (χ1v) is 10.1. The second kappa shape index (κ2) is 9.21. The summed E-state index contributed by atoms with van der Waals surface area (Å²) < 4.78 is 28.6. The van der Waals surface area contributed by atoms with Crippen LogP contribution in [-0.4, -0.2) is 29.2 Å². The molecule has 3 aromatic rings. The normalized spacial score (nSPS) is 11.0. The van der Waals surface area contributed by atoms with E-state index in [-0.39, 0.29) is 17.1 Å². The summed E-state index contributed by atoms with van der Waals surface area (Å²) in [7, 11) is 0. The van der Waals surface area contributed by atoms with E-state index in [1.165, 1.54) is 36.0 Å². The summed E-state index contributed by atoms with van der Waals surface area (Å²) in [6, 6.07) is 11.2. The number of carbonyl (C=O) groups is 2. The van der Waals surface area contributed by atoms with E-state index >= 15 is 0 Å². The van der Waals surface area contributed by atoms with Gasteiger partial charge in [-0.25, -0.2) is 4.98 Å². The largest absolute Gasteiger partial charge is 0.435 e. The zero-order chi connectivity index (χ0) is 21.8. The number of alkyl halides is 2. The van der Waals surface area contributed by atoms with Crippen LogP contribution in [0.1, 0.15) is 27.0 Å². The highest BCUT2D eigenvalue weighted by Crippen LogP contribution is 2.26. The van der Waals surface area contributed by atoms with Crippen molar-refractivity contribution in [2.24, 2.45) is 0 Å². The lowest BCUT2D eigenvalue weighted by atomic mass is 10.0. The number of thioether (sulfide) groups is 1. The number of halogens is 2. The fraction of sp³-hybridized carbons (Fsp3) is 0.227. The predicted molar refractivity (Wildman–Crippen MR) is 112 cm³/mol. The Labute approximate surface area is 176 Å². The Morgan fingerprint density at radius 1 is 1.07 bits per heavy atom. The molecule has 1 aromatic heterocycles. The minimum absolute atomic E-state index is 0.0151. The van der Waals surface area contributed by atoms with Crippen molar-refractivity contribution in [1.29, 1.82) is 0 Å². The van der Waals surface area contributed by atoms with Crippen LogP contribution in [0.25, 0.3) is 10.9 Å². The first-order chi connectivity index (χ1) is 14.2. The molecule has 0 atom stereocenters. The number of fused-ring (bicyclic) bond motifs is 1. The van der Waals surface area contributed by atoms with E-state index in [1.54, 1.807) is 0 Å². The summed E-state index contributed by atoms with van der Waals surface area (Å²) in [6.45, 7) is 3.09. The highest BCUT2D eigenvalue weighted by molar-refractivity contribution is 7.99. The Morgan fingerprint density at radius 2 is 1.77 bits per heavy atom. The molecule has 2 amide bonds. The number of nitrogens with one attached hydrogen (secondary N) is 1. The van der Waals surface area contributed by atoms with Crippen LogP contribution in [0, 0.1) is 20.8 Å². The molecule has 1 N–H and O–H groups in total. The van der Waals surface area contributed by atoms with E-state index in [0.29, 0.717) is 5.03 Å². The SMILES string of the molecule is Cc1cc(C)c2nc(SCC(=O)NC(=O)c3ccc(OC(F)F)cc3)cc(C)c2c1. The van der Waals surface area contributed by atoms with Gasteiger partial charge in [0.25, 0.3) is 5.91 Å². The third-order valence-electron chi connectivity index (χ3n) is 4.38. The van der Waals surface area contributed by atoms with E-state index in [2.05, 4.69) is 27.2 Å². The first-order valence-electron chi connectivity index (χ1n) is 9.13. The smallest absolute Gasteiger partial charge is 0.387 e. The molecular formula is C22H20F2N2O3S. The number of aromatic nitrogens is 1. The average molecular weight is 430 g/mol. The van der Waals surface area contributed by atoms with Crippen LogP contribution in [0.15, 0.2) is 47.5 Å². The standard InChI is InChI=1S/C22H20F2N2O3S/c1-12-8-14(3)20-17(9-12)13(2)10-19(26-20)30-11-18(27)25-21(28)15-4-6-16(7-5-15)29-22(23)24/h4-10,22H,11H2,1-3H3,(H,25,27,28). The number of pyridine rings is 1. The first kappa shape index (κ1) is 21.7. The maximum Gasteiger partial charge on any atom is 0.387 e. The van der Waals surface area contributed by atoms with Crippen LogP contribution in [0.4, 0.5) is 8.78 Å². The molecule has 8 heteroatoms. The Morgan fingerprint density at radius 3 is 2.43 bits per heavy atom. The molecule has 0 bridgehead atoms. The van der Waals surface area contributed by atoms with Crippen molar-refractivity contribution in [3.8, 4) is 5.75 Å². The van der Waals surface area contributed by atoms with Crippen molar-refractivity contribution in [2.45, 2.75) is 32.4 Å². The number of rotatable bonds is 6. The fourth-order valence-corrected chi connectivity index (χ4v) is 3.82. The van der Waals surface area contributed by atoms with Gasteiger partial charge in [0.05, 0.1) is 16.3 Å². The summed E-state index contributed by atoms with van der Waals surface area (Å²) in [4.78, 5) is 29.0. The summed E-state index contributed by atoms with van der Waals surface area (Å²) in [6.07, 6.45) is 0. The van der Waals surface area contributed by atoms with Gasteiger partial charge >= 0.3 is 6.61 Å². The van der Waals surface area contributed by atoms with E-state index in [4.69, 9.17) is 0 Å². The van der Waals surface area contributed by atoms with Gasteiger partial charge in [-0.05, 0) is 68.3 Å². The zero-order valence-corrected chi connectivity index (χ0v) is 17.5. The molecule has 0 aliphatic carbocycles. The molecule has 1 heterocycles. The van der Waals surface area contributed by atoms with Gasteiger partial charge < -0.3 is 4.74 Å². The van der Waals surface area contributed by atoms with Gasteiger partial charge in [0.15, 0.2) is 0 Å². The lowest BCUT2D eigenvalue weighted by Gasteiger charge is -2.10. The molecule has 3 rings (SSSR count). The summed E-state index contributed by atoms with van der Waals surface area (Å²) in [5, 5.41) is 4.06. The molecule has 0 saturated carbocycles. The highest BCUT2D eigenvalue weighted by Gasteiger charge is 2.13. The second-order valence-electron chi connectivity index (χ2n) is 6.82. The maximum absolute atomic E-state index is 12.2. The van der Waals surface area contributed by atoms with E-state index in [9.17, 15) is 18.4 Å². The quantitative estimate of drug-likeness (QED) is 0.569. The molecule has 0 spiro atoms. The van der Waals surface area contributed by atoms with Gasteiger partial charge in [-0.2, -0.15) is 8.78 Å². The number of aryl methyl sites for hydroxylation is 3. The molecule has 30 heavy (non-hydrogen) atoms. The number of imide groups is 1. The molecule has 156 valence electrons. The van der Waals surface area contributed by atoms with Crippen molar-refractivity contribution in [3.05, 3.63) is 64.7 Å². The van der Waals surface area contributed by atoms with Crippen LogP contribution < -0.4 is 10.1 Å². The highest BCUT2D eigenvalue weighted by atomic mass is 32.2. The number of amides is 2.